The largest absolute Gasteiger partial charge is 0.389 e. The van der Waals surface area contributed by atoms with Crippen LogP contribution in [0.3, 0.4) is 0 Å². The second kappa shape index (κ2) is 5.18. The van der Waals surface area contributed by atoms with Gasteiger partial charge in [0.05, 0.1) is 6.10 Å². The van der Waals surface area contributed by atoms with E-state index in [1.165, 1.54) is 0 Å². The Morgan fingerprint density at radius 1 is 1.17 bits per heavy atom. The van der Waals surface area contributed by atoms with Crippen LogP contribution < -0.4 is 5.73 Å². The van der Waals surface area contributed by atoms with Gasteiger partial charge in [0, 0.05) is 6.54 Å². The molecule has 0 rings (SSSR count). The molecule has 0 aliphatic heterocycles. The average molecular weight is 179 g/mol. The summed E-state index contributed by atoms with van der Waals surface area (Å²) in [5.74, 6) is 0. The summed E-state index contributed by atoms with van der Waals surface area (Å²) in [6, 6.07) is 0. The molecule has 0 spiro atoms. The molecule has 6 N–H and O–H groups in total. The normalized spacial score (nSPS) is 21.1. The van der Waals surface area contributed by atoms with Crippen LogP contribution >= 0.6 is 0 Å². The maximum Gasteiger partial charge on any atom is 0.151 e. The van der Waals surface area contributed by atoms with Gasteiger partial charge in [-0.2, -0.15) is 0 Å². The Balaban J connectivity index is 4.07. The van der Waals surface area contributed by atoms with Gasteiger partial charge < -0.3 is 31.0 Å². The zero-order valence-corrected chi connectivity index (χ0v) is 6.37. The van der Waals surface area contributed by atoms with Crippen molar-refractivity contribution in [1.29, 1.82) is 0 Å². The fourth-order valence-electron chi connectivity index (χ4n) is 0.650. The second-order valence-electron chi connectivity index (χ2n) is 2.41. The summed E-state index contributed by atoms with van der Waals surface area (Å²) in [6.07, 6.45) is -6.32. The third-order valence-electron chi connectivity index (χ3n) is 1.47. The van der Waals surface area contributed by atoms with Gasteiger partial charge in [0.15, 0.2) is 6.29 Å². The number of nitrogens with two attached hydrogens (primary N) is 1. The first-order valence-electron chi connectivity index (χ1n) is 3.42. The van der Waals surface area contributed by atoms with Gasteiger partial charge in [-0.05, 0) is 0 Å². The van der Waals surface area contributed by atoms with Crippen molar-refractivity contribution in [3.63, 3.8) is 0 Å². The van der Waals surface area contributed by atoms with Crippen molar-refractivity contribution in [2.75, 3.05) is 6.54 Å². The van der Waals surface area contributed by atoms with E-state index in [2.05, 4.69) is 0 Å². The van der Waals surface area contributed by atoms with Crippen molar-refractivity contribution in [3.8, 4) is 0 Å². The monoisotopic (exact) mass is 179 g/mol. The molecule has 4 atom stereocenters. The molecule has 0 heterocycles. The van der Waals surface area contributed by atoms with Crippen LogP contribution in [0.4, 0.5) is 0 Å². The Labute approximate surface area is 69.2 Å². The van der Waals surface area contributed by atoms with Crippen molar-refractivity contribution < 1.29 is 25.2 Å². The maximum atomic E-state index is 9.93. The lowest BCUT2D eigenvalue weighted by atomic mass is 10.0. The number of aliphatic hydroxyl groups is 4. The second-order valence-corrected chi connectivity index (χ2v) is 2.41. The first-order valence-corrected chi connectivity index (χ1v) is 3.42. The maximum absolute atomic E-state index is 9.93. The van der Waals surface area contributed by atoms with Gasteiger partial charge >= 0.3 is 0 Å². The molecular formula is C6H13NO5. The third kappa shape index (κ3) is 2.84. The van der Waals surface area contributed by atoms with Gasteiger partial charge in [-0.15, -0.1) is 0 Å². The van der Waals surface area contributed by atoms with E-state index in [4.69, 9.17) is 26.2 Å². The Morgan fingerprint density at radius 3 is 2.00 bits per heavy atom. The molecule has 0 aromatic heterocycles. The molecular weight excluding hydrogens is 166 g/mol. The molecule has 0 radical (unpaired) electrons. The molecule has 72 valence electrons. The molecule has 6 heteroatoms. The standard InChI is InChI=1S/C6H13NO5/c7-1-3(9)5(11)6(12)4(10)2-8/h2-6,9-12H,1,7H2/t3-,4+,5+,6+/m1/s1. The number of aliphatic hydroxyl groups excluding tert-OH is 4. The number of carbonyl (C=O) groups is 1. The molecule has 0 unspecified atom stereocenters. The summed E-state index contributed by atoms with van der Waals surface area (Å²) in [6.45, 7) is -0.260. The summed E-state index contributed by atoms with van der Waals surface area (Å²) >= 11 is 0. The van der Waals surface area contributed by atoms with E-state index in [1.807, 2.05) is 0 Å². The molecule has 0 fully saturated rings. The Hall–Kier alpha value is -0.530. The molecule has 0 aliphatic carbocycles. The lowest BCUT2D eigenvalue weighted by Crippen LogP contribution is -2.47. The highest BCUT2D eigenvalue weighted by Gasteiger charge is 2.29. The molecule has 0 saturated heterocycles. The minimum absolute atomic E-state index is 0.0666. The van der Waals surface area contributed by atoms with Gasteiger partial charge in [0.2, 0.25) is 0 Å². The number of rotatable bonds is 5. The molecule has 6 nitrogen and oxygen atoms in total. The molecule has 0 aromatic rings. The predicted octanol–water partition coefficient (Wildman–Crippen LogP) is -3.41. The number of aldehydes is 1. The van der Waals surface area contributed by atoms with E-state index in [0.717, 1.165) is 0 Å². The van der Waals surface area contributed by atoms with Crippen molar-refractivity contribution in [3.05, 3.63) is 0 Å². The van der Waals surface area contributed by atoms with Crippen LogP contribution in [0.15, 0.2) is 0 Å². The number of hydrogen-bond donors (Lipinski definition) is 5. The lowest BCUT2D eigenvalue weighted by Gasteiger charge is -2.22. The van der Waals surface area contributed by atoms with E-state index in [-0.39, 0.29) is 12.8 Å². The summed E-state index contributed by atoms with van der Waals surface area (Å²) in [5, 5.41) is 35.5. The SMILES string of the molecule is NC[C@@H](O)[C@H](O)[C@@H](O)[C@@H](O)C=O. The first kappa shape index (κ1) is 11.5. The van der Waals surface area contributed by atoms with Crippen molar-refractivity contribution in [2.45, 2.75) is 24.4 Å². The van der Waals surface area contributed by atoms with Gasteiger partial charge in [0.25, 0.3) is 0 Å². The summed E-state index contributed by atoms with van der Waals surface area (Å²) in [5.41, 5.74) is 4.96. The smallest absolute Gasteiger partial charge is 0.151 e. The topological polar surface area (TPSA) is 124 Å². The fraction of sp³-hybridized carbons (Fsp3) is 0.833. The van der Waals surface area contributed by atoms with Gasteiger partial charge in [-0.3, -0.25) is 0 Å². The average Bonchev–Trinajstić information content (AvgIpc) is 2.12. The van der Waals surface area contributed by atoms with Gasteiger partial charge in [-0.25, -0.2) is 0 Å². The third-order valence-corrected chi connectivity index (χ3v) is 1.47. The highest BCUT2D eigenvalue weighted by Crippen LogP contribution is 2.02. The van der Waals surface area contributed by atoms with Crippen molar-refractivity contribution >= 4 is 6.29 Å². The lowest BCUT2D eigenvalue weighted by molar-refractivity contribution is -0.132. The van der Waals surface area contributed by atoms with E-state index in [9.17, 15) is 4.79 Å². The summed E-state index contributed by atoms with van der Waals surface area (Å²) in [7, 11) is 0. The van der Waals surface area contributed by atoms with Crippen LogP contribution in [-0.2, 0) is 4.79 Å². The molecule has 0 bridgehead atoms. The highest BCUT2D eigenvalue weighted by atomic mass is 16.4. The van der Waals surface area contributed by atoms with E-state index in [0.29, 0.717) is 0 Å². The van der Waals surface area contributed by atoms with E-state index >= 15 is 0 Å². The van der Waals surface area contributed by atoms with Crippen LogP contribution in [0, 0.1) is 0 Å². The van der Waals surface area contributed by atoms with Crippen LogP contribution in [0.5, 0.6) is 0 Å². The summed E-state index contributed by atoms with van der Waals surface area (Å²) < 4.78 is 0. The Bertz CT molecular complexity index is 142. The van der Waals surface area contributed by atoms with Crippen LogP contribution in [-0.4, -0.2) is 57.7 Å². The Kier molecular flexibility index (Phi) is 4.95. The van der Waals surface area contributed by atoms with Crippen LogP contribution in [0.1, 0.15) is 0 Å². The molecule has 0 aromatic carbocycles. The van der Waals surface area contributed by atoms with E-state index < -0.39 is 24.4 Å². The van der Waals surface area contributed by atoms with E-state index in [1.54, 1.807) is 0 Å². The zero-order chi connectivity index (χ0) is 9.72. The highest BCUT2D eigenvalue weighted by molar-refractivity contribution is 5.56. The molecule has 0 saturated carbocycles. The minimum atomic E-state index is -1.71. The van der Waals surface area contributed by atoms with Gasteiger partial charge in [-0.1, -0.05) is 0 Å². The molecule has 0 aliphatic rings. The number of hydrogen-bond acceptors (Lipinski definition) is 6. The first-order chi connectivity index (χ1) is 5.54. The fourth-order valence-corrected chi connectivity index (χ4v) is 0.650. The summed E-state index contributed by atoms with van der Waals surface area (Å²) in [4.78, 5) is 9.93. The zero-order valence-electron chi connectivity index (χ0n) is 6.37. The molecule has 12 heavy (non-hydrogen) atoms. The van der Waals surface area contributed by atoms with Crippen molar-refractivity contribution in [1.82, 2.24) is 0 Å². The Morgan fingerprint density at radius 2 is 1.67 bits per heavy atom. The van der Waals surface area contributed by atoms with Crippen LogP contribution in [0.25, 0.3) is 0 Å². The number of carbonyl (C=O) groups excluding carboxylic acids is 1. The minimum Gasteiger partial charge on any atom is -0.389 e. The van der Waals surface area contributed by atoms with Crippen molar-refractivity contribution in [2.24, 2.45) is 5.73 Å². The molecule has 0 amide bonds. The predicted molar refractivity (Wildman–Crippen MR) is 39.1 cm³/mol. The van der Waals surface area contributed by atoms with Crippen LogP contribution in [0.2, 0.25) is 0 Å². The quantitative estimate of drug-likeness (QED) is 0.280. The van der Waals surface area contributed by atoms with Gasteiger partial charge in [0.1, 0.15) is 18.3 Å².